The Labute approximate surface area is 175 Å². The zero-order chi connectivity index (χ0) is 20.2. The van der Waals surface area contributed by atoms with Crippen molar-refractivity contribution >= 4 is 27.5 Å². The summed E-state index contributed by atoms with van der Waals surface area (Å²) in [5, 5.41) is 4.50. The van der Waals surface area contributed by atoms with Gasteiger partial charge in [0.05, 0.1) is 21.8 Å². The van der Waals surface area contributed by atoms with E-state index >= 15 is 0 Å². The quantitative estimate of drug-likeness (QED) is 0.636. The van der Waals surface area contributed by atoms with Gasteiger partial charge in [0.25, 0.3) is 0 Å². The number of piperidine rings is 1. The van der Waals surface area contributed by atoms with Crippen molar-refractivity contribution < 1.29 is 4.74 Å². The van der Waals surface area contributed by atoms with Gasteiger partial charge < -0.3 is 15.0 Å². The number of nitrogens with one attached hydrogen (secondary N) is 1. The number of fused-ring (bicyclic) bond motifs is 1. The van der Waals surface area contributed by atoms with Crippen LogP contribution in [0.5, 0.6) is 6.01 Å². The van der Waals surface area contributed by atoms with Crippen LogP contribution in [0.4, 0.5) is 5.95 Å². The smallest absolute Gasteiger partial charge is 0.321 e. The van der Waals surface area contributed by atoms with Crippen molar-refractivity contribution in [1.82, 2.24) is 24.8 Å². The lowest BCUT2D eigenvalue weighted by atomic mass is 9.97. The number of hydrogen-bond acceptors (Lipinski definition) is 8. The Morgan fingerprint density at radius 1 is 1.17 bits per heavy atom. The number of rotatable bonds is 7. The summed E-state index contributed by atoms with van der Waals surface area (Å²) in [6.45, 7) is 7.69. The van der Waals surface area contributed by atoms with Crippen LogP contribution in [0.2, 0.25) is 0 Å². The van der Waals surface area contributed by atoms with E-state index in [0.717, 1.165) is 41.5 Å². The van der Waals surface area contributed by atoms with Crippen LogP contribution in [0.15, 0.2) is 18.2 Å². The molecule has 0 radical (unpaired) electrons. The molecule has 1 saturated heterocycles. The molecule has 3 aromatic rings. The standard InChI is InChI=1S/C21H28N6OS/c1-4-28-21-25-19(12-16-5-6-17-18(11-16)29-14(2)23-17)24-20(26-21)22-13-15-7-9-27(3)10-8-15/h5-6,11,15H,4,7-10,12-13H2,1-3H3,(H,22,24,25,26). The lowest BCUT2D eigenvalue weighted by Crippen LogP contribution is -2.33. The average Bonchev–Trinajstić information content (AvgIpc) is 3.07. The van der Waals surface area contributed by atoms with Gasteiger partial charge in [-0.15, -0.1) is 11.3 Å². The predicted molar refractivity (Wildman–Crippen MR) is 117 cm³/mol. The second kappa shape index (κ2) is 9.00. The third-order valence-electron chi connectivity index (χ3n) is 5.24. The van der Waals surface area contributed by atoms with Crippen molar-refractivity contribution in [3.8, 4) is 6.01 Å². The van der Waals surface area contributed by atoms with Gasteiger partial charge >= 0.3 is 6.01 Å². The van der Waals surface area contributed by atoms with Crippen LogP contribution in [0, 0.1) is 12.8 Å². The summed E-state index contributed by atoms with van der Waals surface area (Å²) in [6, 6.07) is 6.73. The largest absolute Gasteiger partial charge is 0.464 e. The third-order valence-corrected chi connectivity index (χ3v) is 6.18. The zero-order valence-electron chi connectivity index (χ0n) is 17.3. The molecule has 0 unspecified atom stereocenters. The molecule has 154 valence electrons. The van der Waals surface area contributed by atoms with Crippen LogP contribution < -0.4 is 10.1 Å². The molecule has 0 spiro atoms. The fraction of sp³-hybridized carbons (Fsp3) is 0.524. The van der Waals surface area contributed by atoms with Crippen LogP contribution in [-0.4, -0.2) is 58.1 Å². The first-order valence-corrected chi connectivity index (χ1v) is 11.1. The summed E-state index contributed by atoms with van der Waals surface area (Å²) in [4.78, 5) is 20.5. The Hall–Kier alpha value is -2.32. The van der Waals surface area contributed by atoms with E-state index < -0.39 is 0 Å². The highest BCUT2D eigenvalue weighted by Crippen LogP contribution is 2.24. The van der Waals surface area contributed by atoms with Gasteiger partial charge in [-0.3, -0.25) is 0 Å². The van der Waals surface area contributed by atoms with E-state index in [4.69, 9.17) is 4.74 Å². The molecular formula is C21H28N6OS. The first-order chi connectivity index (χ1) is 14.1. The molecule has 0 aliphatic carbocycles. The van der Waals surface area contributed by atoms with E-state index in [0.29, 0.717) is 30.9 Å². The van der Waals surface area contributed by atoms with Crippen molar-refractivity contribution in [2.24, 2.45) is 5.92 Å². The molecule has 1 aliphatic rings. The number of aryl methyl sites for hydroxylation is 1. The summed E-state index contributed by atoms with van der Waals surface area (Å²) < 4.78 is 6.78. The summed E-state index contributed by atoms with van der Waals surface area (Å²) in [6.07, 6.45) is 3.04. The van der Waals surface area contributed by atoms with Gasteiger partial charge in [-0.2, -0.15) is 15.0 Å². The minimum Gasteiger partial charge on any atom is -0.464 e. The SMILES string of the molecule is CCOc1nc(Cc2ccc3nc(C)sc3c2)nc(NCC2CCN(C)CC2)n1. The minimum absolute atomic E-state index is 0.387. The fourth-order valence-electron chi connectivity index (χ4n) is 3.63. The highest BCUT2D eigenvalue weighted by Gasteiger charge is 2.17. The molecule has 8 heteroatoms. The summed E-state index contributed by atoms with van der Waals surface area (Å²) >= 11 is 1.71. The highest BCUT2D eigenvalue weighted by atomic mass is 32.1. The molecule has 4 rings (SSSR count). The average molecular weight is 413 g/mol. The predicted octanol–water partition coefficient (Wildman–Crippen LogP) is 3.53. The van der Waals surface area contributed by atoms with E-state index in [2.05, 4.69) is 55.4 Å². The van der Waals surface area contributed by atoms with Gasteiger partial charge in [0.2, 0.25) is 5.95 Å². The van der Waals surface area contributed by atoms with Gasteiger partial charge in [0.1, 0.15) is 5.82 Å². The van der Waals surface area contributed by atoms with Crippen molar-refractivity contribution in [3.05, 3.63) is 34.6 Å². The molecule has 0 bridgehead atoms. The molecule has 7 nitrogen and oxygen atoms in total. The van der Waals surface area contributed by atoms with Gasteiger partial charge in [-0.25, -0.2) is 4.98 Å². The van der Waals surface area contributed by atoms with Crippen LogP contribution in [0.25, 0.3) is 10.2 Å². The number of aromatic nitrogens is 4. The Kier molecular flexibility index (Phi) is 6.20. The van der Waals surface area contributed by atoms with Crippen molar-refractivity contribution in [1.29, 1.82) is 0 Å². The van der Waals surface area contributed by atoms with Crippen LogP contribution in [0.3, 0.4) is 0 Å². The van der Waals surface area contributed by atoms with E-state index in [-0.39, 0.29) is 0 Å². The molecule has 1 N–H and O–H groups in total. The first-order valence-electron chi connectivity index (χ1n) is 10.3. The third kappa shape index (κ3) is 5.19. The van der Waals surface area contributed by atoms with E-state index in [1.807, 2.05) is 13.8 Å². The lowest BCUT2D eigenvalue weighted by Gasteiger charge is -2.28. The van der Waals surface area contributed by atoms with Gasteiger partial charge in [-0.1, -0.05) is 6.07 Å². The maximum atomic E-state index is 5.59. The second-order valence-corrected chi connectivity index (χ2v) is 8.86. The topological polar surface area (TPSA) is 76.1 Å². The van der Waals surface area contributed by atoms with Gasteiger partial charge in [-0.05, 0) is 70.4 Å². The molecule has 0 saturated carbocycles. The number of benzene rings is 1. The van der Waals surface area contributed by atoms with Crippen LogP contribution >= 0.6 is 11.3 Å². The summed E-state index contributed by atoms with van der Waals surface area (Å²) in [7, 11) is 2.18. The second-order valence-electron chi connectivity index (χ2n) is 7.63. The van der Waals surface area contributed by atoms with Crippen molar-refractivity contribution in [2.75, 3.05) is 38.6 Å². The maximum Gasteiger partial charge on any atom is 0.321 e. The monoisotopic (exact) mass is 412 g/mol. The summed E-state index contributed by atoms with van der Waals surface area (Å²) in [5.41, 5.74) is 2.21. The van der Waals surface area contributed by atoms with Crippen molar-refractivity contribution in [2.45, 2.75) is 33.1 Å². The molecule has 1 fully saturated rings. The minimum atomic E-state index is 0.387. The van der Waals surface area contributed by atoms with Crippen LogP contribution in [0.1, 0.15) is 36.2 Å². The van der Waals surface area contributed by atoms with Gasteiger partial charge in [0.15, 0.2) is 0 Å². The zero-order valence-corrected chi connectivity index (χ0v) is 18.1. The number of hydrogen-bond donors (Lipinski definition) is 1. The van der Waals surface area contributed by atoms with Gasteiger partial charge in [0, 0.05) is 13.0 Å². The van der Waals surface area contributed by atoms with Crippen molar-refractivity contribution in [3.63, 3.8) is 0 Å². The molecular weight excluding hydrogens is 384 g/mol. The number of nitrogens with zero attached hydrogens (tertiary/aromatic N) is 5. The fourth-order valence-corrected chi connectivity index (χ4v) is 4.52. The Bertz CT molecular complexity index is 967. The molecule has 1 aromatic carbocycles. The Morgan fingerprint density at radius 3 is 2.79 bits per heavy atom. The molecule has 0 amide bonds. The van der Waals surface area contributed by atoms with Crippen LogP contribution in [-0.2, 0) is 6.42 Å². The summed E-state index contributed by atoms with van der Waals surface area (Å²) in [5.74, 6) is 1.97. The molecule has 29 heavy (non-hydrogen) atoms. The maximum absolute atomic E-state index is 5.59. The normalized spacial score (nSPS) is 15.7. The van der Waals surface area contributed by atoms with E-state index in [1.54, 1.807) is 11.3 Å². The molecule has 2 aromatic heterocycles. The molecule has 1 aliphatic heterocycles. The van der Waals surface area contributed by atoms with E-state index in [9.17, 15) is 0 Å². The van der Waals surface area contributed by atoms with E-state index in [1.165, 1.54) is 17.5 Å². The lowest BCUT2D eigenvalue weighted by molar-refractivity contribution is 0.226. The Morgan fingerprint density at radius 2 is 2.00 bits per heavy atom. The first kappa shape index (κ1) is 20.0. The number of anilines is 1. The molecule has 0 atom stereocenters. The highest BCUT2D eigenvalue weighted by molar-refractivity contribution is 7.18. The number of ether oxygens (including phenoxy) is 1. The number of likely N-dealkylation sites (tertiary alicyclic amines) is 1. The number of thiazole rings is 1. The Balaban J connectivity index is 1.49. The molecule has 3 heterocycles.